The summed E-state index contributed by atoms with van der Waals surface area (Å²) in [6, 6.07) is 8.00. The van der Waals surface area contributed by atoms with Gasteiger partial charge in [0.2, 0.25) is 0 Å². The molecular formula is C22H18F4N2O5S2. The molecule has 0 unspecified atom stereocenters. The van der Waals surface area contributed by atoms with Gasteiger partial charge in [0.1, 0.15) is 16.6 Å². The van der Waals surface area contributed by atoms with Crippen LogP contribution in [-0.4, -0.2) is 37.8 Å². The number of halogens is 4. The monoisotopic (exact) mass is 530 g/mol. The Morgan fingerprint density at radius 3 is 2.46 bits per heavy atom. The molecule has 3 rings (SSSR count). The minimum absolute atomic E-state index is 0.138. The van der Waals surface area contributed by atoms with Gasteiger partial charge in [-0.25, -0.2) is 14.2 Å². The Kier molecular flexibility index (Phi) is 7.50. The van der Waals surface area contributed by atoms with Crippen molar-refractivity contribution in [3.63, 3.8) is 0 Å². The van der Waals surface area contributed by atoms with E-state index in [2.05, 4.69) is 16.3 Å². The van der Waals surface area contributed by atoms with Gasteiger partial charge < -0.3 is 9.84 Å². The van der Waals surface area contributed by atoms with E-state index in [0.717, 1.165) is 17.4 Å². The summed E-state index contributed by atoms with van der Waals surface area (Å²) >= 11 is 1.01. The second-order valence-corrected chi connectivity index (χ2v) is 9.72. The number of aromatic carboxylic acids is 1. The molecule has 1 heterocycles. The van der Waals surface area contributed by atoms with E-state index in [0.29, 0.717) is 22.2 Å². The predicted octanol–water partition coefficient (Wildman–Crippen LogP) is 5.51. The molecule has 13 heteroatoms. The number of hydrogen-bond acceptors (Lipinski definition) is 6. The number of carbonyl (C=O) groups is 1. The maximum Gasteiger partial charge on any atom is 0.412 e. The van der Waals surface area contributed by atoms with Crippen LogP contribution < -0.4 is 9.46 Å². The molecule has 0 fully saturated rings. The number of nitrogens with zero attached hydrogens (tertiary/aromatic N) is 1. The van der Waals surface area contributed by atoms with Crippen molar-refractivity contribution >= 4 is 33.0 Å². The number of ether oxygens (including phenoxy) is 1. The lowest BCUT2D eigenvalue weighted by Crippen LogP contribution is -2.15. The van der Waals surface area contributed by atoms with Gasteiger partial charge in [0.25, 0.3) is 10.0 Å². The van der Waals surface area contributed by atoms with Crippen LogP contribution in [0.15, 0.2) is 59.0 Å². The number of aromatic nitrogens is 1. The van der Waals surface area contributed by atoms with Crippen molar-refractivity contribution in [2.45, 2.75) is 24.0 Å². The van der Waals surface area contributed by atoms with Gasteiger partial charge in [-0.05, 0) is 24.5 Å². The largest absolute Gasteiger partial charge is 0.495 e. The third-order valence-electron chi connectivity index (χ3n) is 4.84. The van der Waals surface area contributed by atoms with Crippen molar-refractivity contribution in [3.8, 4) is 16.3 Å². The molecule has 1 aromatic heterocycles. The van der Waals surface area contributed by atoms with Crippen LogP contribution in [-0.2, 0) is 16.4 Å². The number of methoxy groups -OCH3 is 1. The van der Waals surface area contributed by atoms with Crippen molar-refractivity contribution in [2.75, 3.05) is 11.8 Å². The average molecular weight is 531 g/mol. The van der Waals surface area contributed by atoms with E-state index < -0.39 is 39.1 Å². The van der Waals surface area contributed by atoms with Crippen LogP contribution in [0.3, 0.4) is 0 Å². The second-order valence-electron chi connectivity index (χ2n) is 7.23. The van der Waals surface area contributed by atoms with E-state index in [4.69, 9.17) is 9.84 Å². The summed E-state index contributed by atoms with van der Waals surface area (Å²) in [6.45, 7) is 3.04. The summed E-state index contributed by atoms with van der Waals surface area (Å²) in [4.78, 5) is 15.2. The maximum absolute atomic E-state index is 14.1. The molecule has 0 bridgehead atoms. The van der Waals surface area contributed by atoms with Crippen molar-refractivity contribution in [3.05, 3.63) is 70.9 Å². The molecule has 186 valence electrons. The molecule has 2 aromatic carbocycles. The summed E-state index contributed by atoms with van der Waals surface area (Å²) in [6.07, 6.45) is -4.55. The lowest BCUT2D eigenvalue weighted by Gasteiger charge is -2.12. The van der Waals surface area contributed by atoms with Crippen molar-refractivity contribution < 1.29 is 40.6 Å². The summed E-state index contributed by atoms with van der Waals surface area (Å²) in [5.41, 5.74) is -0.632. The topological polar surface area (TPSA) is 106 Å². The molecule has 0 aliphatic heterocycles. The zero-order valence-corrected chi connectivity index (χ0v) is 19.7. The first-order valence-electron chi connectivity index (χ1n) is 9.75. The fourth-order valence-corrected chi connectivity index (χ4v) is 5.09. The number of anilines is 1. The van der Waals surface area contributed by atoms with Crippen LogP contribution in [0.4, 0.5) is 23.2 Å². The zero-order chi connectivity index (χ0) is 26.0. The Morgan fingerprint density at radius 1 is 1.23 bits per heavy atom. The van der Waals surface area contributed by atoms with Gasteiger partial charge in [0.05, 0.1) is 18.4 Å². The van der Waals surface area contributed by atoms with Gasteiger partial charge in [-0.15, -0.1) is 11.3 Å². The van der Waals surface area contributed by atoms with E-state index in [1.807, 2.05) is 0 Å². The number of hydrogen-bond donors (Lipinski definition) is 2. The number of nitrogens with one attached hydrogen (secondary N) is 1. The van der Waals surface area contributed by atoms with E-state index in [-0.39, 0.29) is 29.3 Å². The lowest BCUT2D eigenvalue weighted by atomic mass is 10.0. The standard InChI is InChI=1S/C22H18F4N2O5S2/c1-12(22(24,25)26)3-4-13-5-7-14(8-6-13)20-27-19(11-34-20)35(31,32)28-17-10-16(23)15(21(29)30)9-18(17)33-2/h5-11,28H,1,3-4H2,2H3,(H,29,30). The SMILES string of the molecule is C=C(CCc1ccc(-c2nc(S(=O)(=O)Nc3cc(F)c(C(=O)O)cc3OC)cs2)cc1)C(F)(F)F. The minimum Gasteiger partial charge on any atom is -0.495 e. The second kappa shape index (κ2) is 10.0. The molecule has 0 saturated carbocycles. The van der Waals surface area contributed by atoms with Crippen LogP contribution in [0, 0.1) is 5.82 Å². The van der Waals surface area contributed by atoms with Crippen LogP contribution in [0.25, 0.3) is 10.6 Å². The average Bonchev–Trinajstić information content (AvgIpc) is 3.28. The molecule has 0 aliphatic rings. The molecule has 0 spiro atoms. The predicted molar refractivity (Wildman–Crippen MR) is 122 cm³/mol. The van der Waals surface area contributed by atoms with Gasteiger partial charge in [-0.3, -0.25) is 4.72 Å². The van der Waals surface area contributed by atoms with Crippen molar-refractivity contribution in [1.82, 2.24) is 4.98 Å². The smallest absolute Gasteiger partial charge is 0.412 e. The first-order chi connectivity index (χ1) is 16.3. The number of benzene rings is 2. The first kappa shape index (κ1) is 26.2. The molecule has 0 amide bonds. The third-order valence-corrected chi connectivity index (χ3v) is 7.13. The Bertz CT molecular complexity index is 1370. The summed E-state index contributed by atoms with van der Waals surface area (Å²) in [5.74, 6) is -2.91. The number of rotatable bonds is 9. The molecule has 2 N–H and O–H groups in total. The third kappa shape index (κ3) is 6.17. The van der Waals surface area contributed by atoms with Crippen LogP contribution in [0.2, 0.25) is 0 Å². The normalized spacial score (nSPS) is 11.8. The fourth-order valence-electron chi connectivity index (χ4n) is 2.93. The first-order valence-corrected chi connectivity index (χ1v) is 12.1. The number of sulfonamides is 1. The van der Waals surface area contributed by atoms with Crippen LogP contribution in [0.5, 0.6) is 5.75 Å². The van der Waals surface area contributed by atoms with Gasteiger partial charge in [-0.2, -0.15) is 21.6 Å². The number of carboxylic acids is 1. The van der Waals surface area contributed by atoms with Crippen LogP contribution in [0.1, 0.15) is 22.3 Å². The highest BCUT2D eigenvalue weighted by atomic mass is 32.2. The molecule has 35 heavy (non-hydrogen) atoms. The molecule has 7 nitrogen and oxygen atoms in total. The number of allylic oxidation sites excluding steroid dienone is 1. The van der Waals surface area contributed by atoms with E-state index in [1.54, 1.807) is 24.3 Å². The zero-order valence-electron chi connectivity index (χ0n) is 18.0. The van der Waals surface area contributed by atoms with Gasteiger partial charge >= 0.3 is 12.1 Å². The van der Waals surface area contributed by atoms with Gasteiger partial charge in [-0.1, -0.05) is 30.8 Å². The number of carboxylic acid groups (broad SMARTS) is 1. The summed E-state index contributed by atoms with van der Waals surface area (Å²) in [7, 11) is -3.12. The molecule has 0 radical (unpaired) electrons. The Labute approximate surface area is 201 Å². The highest BCUT2D eigenvalue weighted by Gasteiger charge is 2.31. The van der Waals surface area contributed by atoms with Gasteiger partial charge in [0.15, 0.2) is 5.03 Å². The highest BCUT2D eigenvalue weighted by molar-refractivity contribution is 7.92. The summed E-state index contributed by atoms with van der Waals surface area (Å²) in [5, 5.41) is 10.2. The number of alkyl halides is 3. The molecule has 0 aliphatic carbocycles. The number of aryl methyl sites for hydroxylation is 1. The van der Waals surface area contributed by atoms with E-state index in [1.165, 1.54) is 12.5 Å². The Morgan fingerprint density at radius 2 is 1.89 bits per heavy atom. The number of thiazole rings is 1. The Balaban J connectivity index is 1.77. The van der Waals surface area contributed by atoms with Gasteiger partial charge in [0, 0.05) is 22.6 Å². The molecular weight excluding hydrogens is 512 g/mol. The Hall–Kier alpha value is -3.45. The van der Waals surface area contributed by atoms with Crippen molar-refractivity contribution in [1.29, 1.82) is 0 Å². The summed E-state index contributed by atoms with van der Waals surface area (Å²) < 4.78 is 84.4. The molecule has 0 saturated heterocycles. The van der Waals surface area contributed by atoms with Crippen LogP contribution >= 0.6 is 11.3 Å². The quantitative estimate of drug-likeness (QED) is 0.279. The maximum atomic E-state index is 14.1. The highest BCUT2D eigenvalue weighted by Crippen LogP contribution is 2.32. The molecule has 0 atom stereocenters. The van der Waals surface area contributed by atoms with Crippen molar-refractivity contribution in [2.24, 2.45) is 0 Å². The van der Waals surface area contributed by atoms with E-state index in [9.17, 15) is 30.8 Å². The molecule has 3 aromatic rings. The fraction of sp³-hybridized carbons (Fsp3) is 0.182. The van der Waals surface area contributed by atoms with E-state index >= 15 is 0 Å². The minimum atomic E-state index is -4.44. The lowest BCUT2D eigenvalue weighted by molar-refractivity contribution is -0.0935.